The first-order valence-corrected chi connectivity index (χ1v) is 7.94. The molecule has 0 bridgehead atoms. The zero-order valence-corrected chi connectivity index (χ0v) is 14.1. The first-order chi connectivity index (χ1) is 11.3. The van der Waals surface area contributed by atoms with E-state index in [0.717, 1.165) is 0 Å². The van der Waals surface area contributed by atoms with Crippen LogP contribution >= 0.6 is 0 Å². The summed E-state index contributed by atoms with van der Waals surface area (Å²) in [7, 11) is 0. The number of rotatable bonds is 1. The van der Waals surface area contributed by atoms with Crippen molar-refractivity contribution >= 4 is 23.1 Å². The van der Waals surface area contributed by atoms with Gasteiger partial charge >= 0.3 is 6.09 Å². The Balaban J connectivity index is 1.65. The van der Waals surface area contributed by atoms with Crippen molar-refractivity contribution in [3.8, 4) is 0 Å². The minimum absolute atomic E-state index is 0.110. The predicted octanol–water partition coefficient (Wildman–Crippen LogP) is 2.52. The number of carbonyl (C=O) groups excluding carboxylic acids is 2. The topological polar surface area (TPSA) is 75.9 Å². The number of fused-ring (bicyclic) bond motifs is 1. The zero-order chi connectivity index (χ0) is 17.3. The van der Waals surface area contributed by atoms with Crippen LogP contribution in [0.1, 0.15) is 31.1 Å². The average Bonchev–Trinajstić information content (AvgIpc) is 3.01. The number of piperazine rings is 1. The van der Waals surface area contributed by atoms with Crippen LogP contribution < -0.4 is 0 Å². The Labute approximate surface area is 140 Å². The van der Waals surface area contributed by atoms with Gasteiger partial charge in [0.25, 0.3) is 5.91 Å². The van der Waals surface area contributed by atoms with E-state index in [1.54, 1.807) is 28.1 Å². The maximum absolute atomic E-state index is 12.7. The summed E-state index contributed by atoms with van der Waals surface area (Å²) in [6.07, 6.45) is 2.78. The van der Waals surface area contributed by atoms with Crippen molar-refractivity contribution in [2.75, 3.05) is 26.2 Å². The van der Waals surface area contributed by atoms with Crippen molar-refractivity contribution < 1.29 is 18.7 Å². The molecule has 2 aromatic rings. The van der Waals surface area contributed by atoms with Gasteiger partial charge in [-0.05, 0) is 26.8 Å². The van der Waals surface area contributed by atoms with Gasteiger partial charge in [0.2, 0.25) is 0 Å². The fraction of sp³-hybridized carbons (Fsp3) is 0.471. The monoisotopic (exact) mass is 331 g/mol. The van der Waals surface area contributed by atoms with Crippen LogP contribution in [0.2, 0.25) is 0 Å². The Kier molecular flexibility index (Phi) is 4.17. The van der Waals surface area contributed by atoms with Crippen molar-refractivity contribution in [2.24, 2.45) is 0 Å². The summed E-state index contributed by atoms with van der Waals surface area (Å²) >= 11 is 0. The molecule has 1 aliphatic rings. The van der Waals surface area contributed by atoms with Crippen molar-refractivity contribution in [2.45, 2.75) is 26.4 Å². The van der Waals surface area contributed by atoms with Crippen molar-refractivity contribution in [3.05, 3.63) is 30.2 Å². The number of nitrogens with zero attached hydrogens (tertiary/aromatic N) is 3. The van der Waals surface area contributed by atoms with Gasteiger partial charge < -0.3 is 19.0 Å². The largest absolute Gasteiger partial charge is 0.462 e. The average molecular weight is 331 g/mol. The molecule has 1 aliphatic heterocycles. The third-order valence-electron chi connectivity index (χ3n) is 3.79. The van der Waals surface area contributed by atoms with Crippen LogP contribution in [0.3, 0.4) is 0 Å². The molecular weight excluding hydrogens is 310 g/mol. The lowest BCUT2D eigenvalue weighted by Gasteiger charge is -2.35. The highest BCUT2D eigenvalue weighted by Gasteiger charge is 2.29. The van der Waals surface area contributed by atoms with Crippen LogP contribution in [0.25, 0.3) is 11.1 Å². The van der Waals surface area contributed by atoms with Crippen LogP contribution in [0.4, 0.5) is 4.79 Å². The highest BCUT2D eigenvalue weighted by molar-refractivity contribution is 6.03. The van der Waals surface area contributed by atoms with Crippen LogP contribution in [0, 0.1) is 0 Å². The van der Waals surface area contributed by atoms with Crippen LogP contribution in [0.5, 0.6) is 0 Å². The Hall–Kier alpha value is -2.57. The van der Waals surface area contributed by atoms with Gasteiger partial charge in [-0.1, -0.05) is 0 Å². The molecule has 0 atom stereocenters. The van der Waals surface area contributed by atoms with Gasteiger partial charge in [0.1, 0.15) is 11.1 Å². The third-order valence-corrected chi connectivity index (χ3v) is 3.79. The van der Waals surface area contributed by atoms with Gasteiger partial charge in [-0.15, -0.1) is 0 Å². The van der Waals surface area contributed by atoms with Gasteiger partial charge in [0.05, 0.1) is 11.8 Å². The number of amides is 2. The minimum atomic E-state index is -0.522. The fourth-order valence-corrected chi connectivity index (χ4v) is 2.63. The second-order valence-corrected chi connectivity index (χ2v) is 6.75. The molecule has 1 saturated heterocycles. The van der Waals surface area contributed by atoms with Crippen LogP contribution in [-0.2, 0) is 4.74 Å². The van der Waals surface area contributed by atoms with Crippen molar-refractivity contribution in [1.29, 1.82) is 0 Å². The fourth-order valence-electron chi connectivity index (χ4n) is 2.63. The SMILES string of the molecule is CC(C)(C)OC(=O)N1CCN(C(=O)c2ccnc3ccoc23)CC1. The Bertz CT molecular complexity index is 755. The lowest BCUT2D eigenvalue weighted by atomic mass is 10.2. The van der Waals surface area contributed by atoms with Crippen molar-refractivity contribution in [3.63, 3.8) is 0 Å². The third kappa shape index (κ3) is 3.34. The van der Waals surface area contributed by atoms with Gasteiger partial charge in [-0.2, -0.15) is 0 Å². The van der Waals surface area contributed by atoms with Crippen LogP contribution in [-0.4, -0.2) is 58.6 Å². The molecule has 0 spiro atoms. The predicted molar refractivity (Wildman–Crippen MR) is 87.7 cm³/mol. The zero-order valence-electron chi connectivity index (χ0n) is 14.1. The van der Waals surface area contributed by atoms with E-state index in [0.29, 0.717) is 42.8 Å². The first-order valence-electron chi connectivity index (χ1n) is 7.94. The summed E-state index contributed by atoms with van der Waals surface area (Å²) in [6, 6.07) is 3.39. The maximum Gasteiger partial charge on any atom is 0.410 e. The molecule has 24 heavy (non-hydrogen) atoms. The quantitative estimate of drug-likeness (QED) is 0.802. The Morgan fingerprint density at radius 2 is 1.79 bits per heavy atom. The highest BCUT2D eigenvalue weighted by Crippen LogP contribution is 2.20. The highest BCUT2D eigenvalue weighted by atomic mass is 16.6. The lowest BCUT2D eigenvalue weighted by molar-refractivity contribution is 0.0141. The number of hydrogen-bond acceptors (Lipinski definition) is 5. The normalized spacial score (nSPS) is 15.6. The van der Waals surface area contributed by atoms with Gasteiger partial charge in [-0.3, -0.25) is 9.78 Å². The Morgan fingerprint density at radius 1 is 1.12 bits per heavy atom. The van der Waals surface area contributed by atoms with E-state index in [-0.39, 0.29) is 12.0 Å². The molecule has 0 saturated carbocycles. The molecular formula is C17H21N3O4. The Morgan fingerprint density at radius 3 is 2.46 bits per heavy atom. The smallest absolute Gasteiger partial charge is 0.410 e. The number of furan rings is 1. The lowest BCUT2D eigenvalue weighted by Crippen LogP contribution is -2.51. The maximum atomic E-state index is 12.7. The number of pyridine rings is 1. The molecule has 1 fully saturated rings. The van der Waals surface area contributed by atoms with E-state index in [1.807, 2.05) is 20.8 Å². The number of carbonyl (C=O) groups is 2. The molecule has 0 radical (unpaired) electrons. The molecule has 0 unspecified atom stereocenters. The molecule has 0 aromatic carbocycles. The molecule has 7 nitrogen and oxygen atoms in total. The summed E-state index contributed by atoms with van der Waals surface area (Å²) in [6.45, 7) is 7.33. The summed E-state index contributed by atoms with van der Waals surface area (Å²) in [5, 5.41) is 0. The second-order valence-electron chi connectivity index (χ2n) is 6.75. The van der Waals surface area contributed by atoms with Crippen molar-refractivity contribution in [1.82, 2.24) is 14.8 Å². The van der Waals surface area contributed by atoms with E-state index in [1.165, 1.54) is 6.26 Å². The molecule has 3 rings (SSSR count). The molecule has 0 N–H and O–H groups in total. The van der Waals surface area contributed by atoms with E-state index in [2.05, 4.69) is 4.98 Å². The molecule has 2 aromatic heterocycles. The first kappa shape index (κ1) is 16.3. The van der Waals surface area contributed by atoms with E-state index < -0.39 is 5.60 Å². The molecule has 128 valence electrons. The number of ether oxygens (including phenoxy) is 1. The second kappa shape index (κ2) is 6.14. The number of aromatic nitrogens is 1. The number of hydrogen-bond donors (Lipinski definition) is 0. The van der Waals surface area contributed by atoms with E-state index >= 15 is 0 Å². The van der Waals surface area contributed by atoms with Gasteiger partial charge in [0, 0.05) is 38.4 Å². The summed E-state index contributed by atoms with van der Waals surface area (Å²) < 4.78 is 10.7. The minimum Gasteiger partial charge on any atom is -0.462 e. The van der Waals surface area contributed by atoms with E-state index in [4.69, 9.17) is 9.15 Å². The molecule has 7 heteroatoms. The standard InChI is InChI=1S/C17H21N3O4/c1-17(2,3)24-16(22)20-9-7-19(8-10-20)15(21)12-4-6-18-13-5-11-23-14(12)13/h4-6,11H,7-10H2,1-3H3. The van der Waals surface area contributed by atoms with Gasteiger partial charge in [-0.25, -0.2) is 4.79 Å². The van der Waals surface area contributed by atoms with E-state index in [9.17, 15) is 9.59 Å². The molecule has 2 amide bonds. The van der Waals surface area contributed by atoms with Gasteiger partial charge in [0.15, 0.2) is 5.58 Å². The molecule has 0 aliphatic carbocycles. The summed E-state index contributed by atoms with van der Waals surface area (Å²) in [4.78, 5) is 32.3. The summed E-state index contributed by atoms with van der Waals surface area (Å²) in [5.41, 5.74) is 1.13. The summed E-state index contributed by atoms with van der Waals surface area (Å²) in [5.74, 6) is -0.110. The van der Waals surface area contributed by atoms with Crippen LogP contribution in [0.15, 0.2) is 29.0 Å². The molecule has 3 heterocycles.